The van der Waals surface area contributed by atoms with Gasteiger partial charge in [-0.3, -0.25) is 9.20 Å². The van der Waals surface area contributed by atoms with Crippen LogP contribution >= 0.6 is 0 Å². The van der Waals surface area contributed by atoms with Crippen molar-refractivity contribution in [2.24, 2.45) is 0 Å². The lowest BCUT2D eigenvalue weighted by Crippen LogP contribution is -3.08. The number of quaternary nitrogens is 1. The highest BCUT2D eigenvalue weighted by Crippen LogP contribution is 2.16. The first kappa shape index (κ1) is 17.9. The summed E-state index contributed by atoms with van der Waals surface area (Å²) in [6.07, 6.45) is 1.75. The largest absolute Gasteiger partial charge is 0.497 e. The van der Waals surface area contributed by atoms with E-state index in [1.165, 1.54) is 4.90 Å². The van der Waals surface area contributed by atoms with Gasteiger partial charge in [0.25, 0.3) is 5.56 Å². The van der Waals surface area contributed by atoms with Crippen LogP contribution in [0.2, 0.25) is 0 Å². The summed E-state index contributed by atoms with van der Waals surface area (Å²) in [5.74, 6) is 1.63. The van der Waals surface area contributed by atoms with E-state index in [0.717, 1.165) is 34.9 Å². The number of nitrogens with one attached hydrogen (secondary N) is 1. The number of likely N-dealkylation sites (N-methyl/N-ethyl adjacent to an activating group) is 1. The third-order valence-corrected chi connectivity index (χ3v) is 4.28. The molecule has 0 saturated carbocycles. The topological polar surface area (TPSA) is 57.3 Å². The Morgan fingerprint density at radius 1 is 1.15 bits per heavy atom. The Labute approximate surface area is 152 Å². The van der Waals surface area contributed by atoms with E-state index >= 15 is 0 Å². The van der Waals surface area contributed by atoms with Crippen molar-refractivity contribution >= 4 is 5.65 Å². The lowest BCUT2D eigenvalue weighted by molar-refractivity contribution is -0.894. The molecule has 2 aromatic heterocycles. The van der Waals surface area contributed by atoms with Crippen molar-refractivity contribution in [1.29, 1.82) is 0 Å². The van der Waals surface area contributed by atoms with Crippen LogP contribution in [0.3, 0.4) is 0 Å². The Bertz CT molecular complexity index is 935. The predicted molar refractivity (Wildman–Crippen MR) is 100 cm³/mol. The molecular formula is C20H24N3O3+. The lowest BCUT2D eigenvalue weighted by atomic mass is 10.3. The highest BCUT2D eigenvalue weighted by molar-refractivity contribution is 5.46. The molecule has 6 nitrogen and oxygen atoms in total. The number of benzene rings is 1. The normalized spacial score (nSPS) is 12.1. The van der Waals surface area contributed by atoms with E-state index in [1.54, 1.807) is 23.8 Å². The van der Waals surface area contributed by atoms with Crippen LogP contribution in [-0.4, -0.2) is 36.7 Å². The summed E-state index contributed by atoms with van der Waals surface area (Å²) in [5.41, 5.74) is 2.46. The molecule has 6 heteroatoms. The smallest absolute Gasteiger partial charge is 0.258 e. The Morgan fingerprint density at radius 2 is 1.88 bits per heavy atom. The van der Waals surface area contributed by atoms with Gasteiger partial charge in [-0.05, 0) is 42.8 Å². The highest BCUT2D eigenvalue weighted by atomic mass is 16.5. The zero-order valence-electron chi connectivity index (χ0n) is 15.4. The molecule has 0 aliphatic carbocycles. The van der Waals surface area contributed by atoms with E-state index < -0.39 is 0 Å². The van der Waals surface area contributed by atoms with Gasteiger partial charge in [0, 0.05) is 12.3 Å². The maximum atomic E-state index is 12.3. The van der Waals surface area contributed by atoms with E-state index in [4.69, 9.17) is 9.47 Å². The summed E-state index contributed by atoms with van der Waals surface area (Å²) in [6.45, 7) is 4.03. The second kappa shape index (κ2) is 8.01. The van der Waals surface area contributed by atoms with Crippen molar-refractivity contribution in [3.05, 3.63) is 70.3 Å². The maximum absolute atomic E-state index is 12.3. The van der Waals surface area contributed by atoms with Gasteiger partial charge in [-0.1, -0.05) is 6.07 Å². The Kier molecular flexibility index (Phi) is 5.53. The molecule has 0 fully saturated rings. The van der Waals surface area contributed by atoms with Gasteiger partial charge in [-0.2, -0.15) is 0 Å². The number of methoxy groups -OCH3 is 1. The Hall–Kier alpha value is -2.86. The first-order chi connectivity index (χ1) is 12.6. The summed E-state index contributed by atoms with van der Waals surface area (Å²) < 4.78 is 12.5. The Balaban J connectivity index is 1.59. The number of fused-ring (bicyclic) bond motifs is 1. The summed E-state index contributed by atoms with van der Waals surface area (Å²) in [5, 5.41) is 0. The average molecular weight is 354 g/mol. The van der Waals surface area contributed by atoms with Crippen molar-refractivity contribution in [3.8, 4) is 11.5 Å². The molecule has 1 N–H and O–H groups in total. The quantitative estimate of drug-likeness (QED) is 0.691. The molecule has 2 heterocycles. The zero-order valence-corrected chi connectivity index (χ0v) is 15.4. The fourth-order valence-corrected chi connectivity index (χ4v) is 2.81. The monoisotopic (exact) mass is 354 g/mol. The summed E-state index contributed by atoms with van der Waals surface area (Å²) >= 11 is 0. The molecule has 0 radical (unpaired) electrons. The van der Waals surface area contributed by atoms with Gasteiger partial charge in [0.2, 0.25) is 0 Å². The molecule has 0 aliphatic heterocycles. The van der Waals surface area contributed by atoms with Crippen LogP contribution in [0.4, 0.5) is 0 Å². The molecular weight excluding hydrogens is 330 g/mol. The third kappa shape index (κ3) is 4.21. The standard InChI is InChI=1S/C20H23N3O3/c1-15-5-4-10-23-19(24)13-16(21-20(15)23)14-22(2)11-12-26-18-8-6-17(25-3)7-9-18/h4-10,13H,11-12,14H2,1-3H3/p+1. The molecule has 0 aliphatic rings. The highest BCUT2D eigenvalue weighted by Gasteiger charge is 2.09. The van der Waals surface area contributed by atoms with Crippen molar-refractivity contribution in [3.63, 3.8) is 0 Å². The number of aromatic nitrogens is 2. The molecule has 3 rings (SSSR count). The lowest BCUT2D eigenvalue weighted by Gasteiger charge is -2.15. The van der Waals surface area contributed by atoms with Crippen molar-refractivity contribution < 1.29 is 14.4 Å². The minimum absolute atomic E-state index is 0.0454. The van der Waals surface area contributed by atoms with Crippen LogP contribution in [0.5, 0.6) is 11.5 Å². The second-order valence-corrected chi connectivity index (χ2v) is 6.38. The molecule has 0 saturated heterocycles. The second-order valence-electron chi connectivity index (χ2n) is 6.38. The number of pyridine rings is 1. The average Bonchev–Trinajstić information content (AvgIpc) is 2.63. The number of hydrogen-bond acceptors (Lipinski definition) is 4. The molecule has 136 valence electrons. The number of rotatable bonds is 7. The van der Waals surface area contributed by atoms with Crippen LogP contribution in [0.15, 0.2) is 53.5 Å². The molecule has 0 amide bonds. The van der Waals surface area contributed by atoms with Crippen molar-refractivity contribution in [1.82, 2.24) is 9.38 Å². The van der Waals surface area contributed by atoms with Crippen LogP contribution in [0, 0.1) is 6.92 Å². The first-order valence-corrected chi connectivity index (χ1v) is 8.63. The SMILES string of the molecule is COc1ccc(OCC[NH+](C)Cc2cc(=O)n3cccc(C)c3n2)cc1. The molecule has 1 aromatic carbocycles. The van der Waals surface area contributed by atoms with Gasteiger partial charge in [-0.15, -0.1) is 0 Å². The van der Waals surface area contributed by atoms with Crippen molar-refractivity contribution in [2.75, 3.05) is 27.3 Å². The van der Waals surface area contributed by atoms with Gasteiger partial charge in [0.1, 0.15) is 42.5 Å². The molecule has 1 atom stereocenters. The fraction of sp³-hybridized carbons (Fsp3) is 0.300. The summed E-state index contributed by atoms with van der Waals surface area (Å²) in [7, 11) is 3.71. The first-order valence-electron chi connectivity index (χ1n) is 8.63. The van der Waals surface area contributed by atoms with Crippen LogP contribution < -0.4 is 19.9 Å². The molecule has 26 heavy (non-hydrogen) atoms. The van der Waals surface area contributed by atoms with E-state index in [9.17, 15) is 4.79 Å². The Morgan fingerprint density at radius 3 is 2.62 bits per heavy atom. The van der Waals surface area contributed by atoms with Gasteiger partial charge < -0.3 is 14.4 Å². The molecule has 0 spiro atoms. The van der Waals surface area contributed by atoms with Gasteiger partial charge in [0.05, 0.1) is 14.2 Å². The van der Waals surface area contributed by atoms with E-state index in [2.05, 4.69) is 12.0 Å². The van der Waals surface area contributed by atoms with E-state index in [1.807, 2.05) is 43.3 Å². The minimum Gasteiger partial charge on any atom is -0.497 e. The van der Waals surface area contributed by atoms with Crippen LogP contribution in [-0.2, 0) is 6.54 Å². The van der Waals surface area contributed by atoms with Crippen LogP contribution in [0.1, 0.15) is 11.3 Å². The third-order valence-electron chi connectivity index (χ3n) is 4.28. The molecule has 3 aromatic rings. The van der Waals surface area contributed by atoms with Gasteiger partial charge >= 0.3 is 0 Å². The van der Waals surface area contributed by atoms with Gasteiger partial charge in [-0.25, -0.2) is 4.98 Å². The number of aryl methyl sites for hydroxylation is 1. The van der Waals surface area contributed by atoms with Gasteiger partial charge in [0.15, 0.2) is 0 Å². The maximum Gasteiger partial charge on any atom is 0.258 e. The summed E-state index contributed by atoms with van der Waals surface area (Å²) in [6, 6.07) is 13.0. The summed E-state index contributed by atoms with van der Waals surface area (Å²) in [4.78, 5) is 18.1. The molecule has 0 bridgehead atoms. The zero-order chi connectivity index (χ0) is 18.5. The number of hydrogen-bond donors (Lipinski definition) is 1. The predicted octanol–water partition coefficient (Wildman–Crippen LogP) is 1.11. The number of ether oxygens (including phenoxy) is 2. The minimum atomic E-state index is -0.0454. The molecule has 1 unspecified atom stereocenters. The van der Waals surface area contributed by atoms with Crippen molar-refractivity contribution in [2.45, 2.75) is 13.5 Å². The fourth-order valence-electron chi connectivity index (χ4n) is 2.81. The van der Waals surface area contributed by atoms with E-state index in [-0.39, 0.29) is 5.56 Å². The van der Waals surface area contributed by atoms with E-state index in [0.29, 0.717) is 13.2 Å². The van der Waals surface area contributed by atoms with Crippen LogP contribution in [0.25, 0.3) is 5.65 Å². The number of nitrogens with zero attached hydrogens (tertiary/aromatic N) is 2.